The normalized spacial score (nSPS) is 19.6. The van der Waals surface area contributed by atoms with E-state index in [9.17, 15) is 9.59 Å². The van der Waals surface area contributed by atoms with E-state index in [0.29, 0.717) is 19.8 Å². The Labute approximate surface area is 94.1 Å². The smallest absolute Gasteiger partial charge is 0.303 e. The minimum atomic E-state index is -0.942. The minimum Gasteiger partial charge on any atom is -0.481 e. The molecule has 0 aromatic heterocycles. The third kappa shape index (κ3) is 3.79. The van der Waals surface area contributed by atoms with Crippen LogP contribution < -0.4 is 11.1 Å². The van der Waals surface area contributed by atoms with E-state index in [4.69, 9.17) is 15.6 Å². The molecule has 1 rings (SSSR count). The van der Waals surface area contributed by atoms with Gasteiger partial charge in [0.25, 0.3) is 0 Å². The van der Waals surface area contributed by atoms with E-state index in [1.54, 1.807) is 0 Å². The molecule has 16 heavy (non-hydrogen) atoms. The number of amides is 1. The SMILES string of the molecule is CC1(CNC(=O)C(N)CCC(=O)O)COC1. The largest absolute Gasteiger partial charge is 0.481 e. The second-order valence-corrected chi connectivity index (χ2v) is 4.56. The Morgan fingerprint density at radius 2 is 2.19 bits per heavy atom. The molecular formula is C10H18N2O4. The van der Waals surface area contributed by atoms with E-state index < -0.39 is 12.0 Å². The lowest BCUT2D eigenvalue weighted by Gasteiger charge is -2.38. The summed E-state index contributed by atoms with van der Waals surface area (Å²) in [5.41, 5.74) is 5.55. The first kappa shape index (κ1) is 12.9. The fourth-order valence-corrected chi connectivity index (χ4v) is 1.39. The third-order valence-corrected chi connectivity index (χ3v) is 2.60. The Hall–Kier alpha value is -1.14. The minimum absolute atomic E-state index is 0.00216. The van der Waals surface area contributed by atoms with Gasteiger partial charge in [0.05, 0.1) is 19.3 Å². The van der Waals surface area contributed by atoms with Crippen molar-refractivity contribution in [3.63, 3.8) is 0 Å². The van der Waals surface area contributed by atoms with Crippen molar-refractivity contribution in [1.29, 1.82) is 0 Å². The zero-order chi connectivity index (χ0) is 12.2. The summed E-state index contributed by atoms with van der Waals surface area (Å²) in [5, 5.41) is 11.2. The third-order valence-electron chi connectivity index (χ3n) is 2.60. The van der Waals surface area contributed by atoms with Gasteiger partial charge in [-0.05, 0) is 6.42 Å². The fourth-order valence-electron chi connectivity index (χ4n) is 1.39. The van der Waals surface area contributed by atoms with Crippen molar-refractivity contribution in [3.8, 4) is 0 Å². The summed E-state index contributed by atoms with van der Waals surface area (Å²) < 4.78 is 5.05. The van der Waals surface area contributed by atoms with Gasteiger partial charge in [-0.3, -0.25) is 9.59 Å². The highest BCUT2D eigenvalue weighted by Crippen LogP contribution is 2.24. The summed E-state index contributed by atoms with van der Waals surface area (Å²) in [6.07, 6.45) is 0.0728. The number of carbonyl (C=O) groups excluding carboxylic acids is 1. The molecule has 1 atom stereocenters. The second-order valence-electron chi connectivity index (χ2n) is 4.56. The lowest BCUT2D eigenvalue weighted by Crippen LogP contribution is -2.51. The molecule has 1 unspecified atom stereocenters. The van der Waals surface area contributed by atoms with Gasteiger partial charge in [0.1, 0.15) is 0 Å². The van der Waals surface area contributed by atoms with Gasteiger partial charge >= 0.3 is 5.97 Å². The number of ether oxygens (including phenoxy) is 1. The molecule has 0 bridgehead atoms. The molecule has 6 heteroatoms. The Kier molecular flexibility index (Phi) is 4.26. The molecular weight excluding hydrogens is 212 g/mol. The number of carbonyl (C=O) groups is 2. The lowest BCUT2D eigenvalue weighted by molar-refractivity contribution is -0.137. The van der Waals surface area contributed by atoms with Crippen molar-refractivity contribution in [3.05, 3.63) is 0 Å². The molecule has 92 valence electrons. The number of carboxylic acid groups (broad SMARTS) is 1. The standard InChI is InChI=1S/C10H18N2O4/c1-10(5-16-6-10)4-12-9(15)7(11)2-3-8(13)14/h7H,2-6,11H2,1H3,(H,12,15)(H,13,14). The van der Waals surface area contributed by atoms with Crippen LogP contribution >= 0.6 is 0 Å². The maximum atomic E-state index is 11.5. The molecule has 1 heterocycles. The summed E-state index contributed by atoms with van der Waals surface area (Å²) in [4.78, 5) is 21.8. The second kappa shape index (κ2) is 5.27. The van der Waals surface area contributed by atoms with Crippen LogP contribution in [0.1, 0.15) is 19.8 Å². The van der Waals surface area contributed by atoms with Gasteiger partial charge in [-0.15, -0.1) is 0 Å². The van der Waals surface area contributed by atoms with Crippen LogP contribution in [0.15, 0.2) is 0 Å². The van der Waals surface area contributed by atoms with Crippen LogP contribution in [0, 0.1) is 5.41 Å². The molecule has 0 aromatic carbocycles. The quantitative estimate of drug-likeness (QED) is 0.561. The average Bonchev–Trinajstić information content (AvgIpc) is 2.19. The molecule has 1 aliphatic heterocycles. The summed E-state index contributed by atoms with van der Waals surface area (Å²) in [7, 11) is 0. The number of hydrogen-bond donors (Lipinski definition) is 3. The number of nitrogens with two attached hydrogens (primary N) is 1. The molecule has 1 saturated heterocycles. The molecule has 0 aliphatic carbocycles. The van der Waals surface area contributed by atoms with E-state index in [1.807, 2.05) is 6.92 Å². The Bertz CT molecular complexity index is 276. The van der Waals surface area contributed by atoms with Crippen molar-refractivity contribution in [2.75, 3.05) is 19.8 Å². The molecule has 0 radical (unpaired) electrons. The summed E-state index contributed by atoms with van der Waals surface area (Å²) in [5.74, 6) is -1.24. The highest BCUT2D eigenvalue weighted by Gasteiger charge is 2.33. The van der Waals surface area contributed by atoms with Crippen LogP contribution in [0.3, 0.4) is 0 Å². The van der Waals surface area contributed by atoms with Crippen molar-refractivity contribution in [1.82, 2.24) is 5.32 Å². The van der Waals surface area contributed by atoms with Gasteiger partial charge in [0.15, 0.2) is 0 Å². The highest BCUT2D eigenvalue weighted by molar-refractivity contribution is 5.82. The first-order valence-corrected chi connectivity index (χ1v) is 5.26. The van der Waals surface area contributed by atoms with Crippen LogP contribution in [0.5, 0.6) is 0 Å². The van der Waals surface area contributed by atoms with Crippen LogP contribution in [0.4, 0.5) is 0 Å². The van der Waals surface area contributed by atoms with Crippen molar-refractivity contribution < 1.29 is 19.4 Å². The molecule has 4 N–H and O–H groups in total. The van der Waals surface area contributed by atoms with E-state index in [0.717, 1.165) is 0 Å². The number of hydrogen-bond acceptors (Lipinski definition) is 4. The van der Waals surface area contributed by atoms with Gasteiger partial charge in [-0.1, -0.05) is 6.92 Å². The molecule has 0 spiro atoms. The summed E-state index contributed by atoms with van der Waals surface area (Å²) >= 11 is 0. The van der Waals surface area contributed by atoms with E-state index >= 15 is 0 Å². The predicted molar refractivity (Wildman–Crippen MR) is 56.8 cm³/mol. The number of carboxylic acids is 1. The summed E-state index contributed by atoms with van der Waals surface area (Å²) in [6, 6.07) is -0.749. The first-order valence-electron chi connectivity index (χ1n) is 5.26. The van der Waals surface area contributed by atoms with Gasteiger partial charge in [0.2, 0.25) is 5.91 Å². The van der Waals surface area contributed by atoms with Gasteiger partial charge in [-0.2, -0.15) is 0 Å². The van der Waals surface area contributed by atoms with Crippen LogP contribution in [-0.2, 0) is 14.3 Å². The molecule has 0 aromatic rings. The zero-order valence-corrected chi connectivity index (χ0v) is 9.36. The average molecular weight is 230 g/mol. The van der Waals surface area contributed by atoms with Crippen LogP contribution in [0.2, 0.25) is 0 Å². The Balaban J connectivity index is 2.20. The Morgan fingerprint density at radius 1 is 1.56 bits per heavy atom. The van der Waals surface area contributed by atoms with Gasteiger partial charge < -0.3 is 20.9 Å². The van der Waals surface area contributed by atoms with E-state index in [-0.39, 0.29) is 24.2 Å². The van der Waals surface area contributed by atoms with Crippen LogP contribution in [-0.4, -0.2) is 42.8 Å². The zero-order valence-electron chi connectivity index (χ0n) is 9.36. The van der Waals surface area contributed by atoms with Crippen LogP contribution in [0.25, 0.3) is 0 Å². The lowest BCUT2D eigenvalue weighted by atomic mass is 9.88. The van der Waals surface area contributed by atoms with Crippen molar-refractivity contribution in [2.24, 2.45) is 11.1 Å². The Morgan fingerprint density at radius 3 is 2.62 bits per heavy atom. The maximum Gasteiger partial charge on any atom is 0.303 e. The highest BCUT2D eigenvalue weighted by atomic mass is 16.5. The van der Waals surface area contributed by atoms with Gasteiger partial charge in [-0.25, -0.2) is 0 Å². The predicted octanol–water partition coefficient (Wildman–Crippen LogP) is -0.669. The van der Waals surface area contributed by atoms with Gasteiger partial charge in [0, 0.05) is 18.4 Å². The van der Waals surface area contributed by atoms with Crippen molar-refractivity contribution >= 4 is 11.9 Å². The maximum absolute atomic E-state index is 11.5. The van der Waals surface area contributed by atoms with E-state index in [2.05, 4.69) is 5.32 Å². The topological polar surface area (TPSA) is 102 Å². The number of rotatable bonds is 6. The fraction of sp³-hybridized carbons (Fsp3) is 0.800. The molecule has 6 nitrogen and oxygen atoms in total. The summed E-state index contributed by atoms with van der Waals surface area (Å²) in [6.45, 7) is 3.81. The monoisotopic (exact) mass is 230 g/mol. The molecule has 0 saturated carbocycles. The number of nitrogens with one attached hydrogen (secondary N) is 1. The molecule has 1 fully saturated rings. The van der Waals surface area contributed by atoms with E-state index in [1.165, 1.54) is 0 Å². The van der Waals surface area contributed by atoms with Crippen molar-refractivity contribution in [2.45, 2.75) is 25.8 Å². The number of aliphatic carboxylic acids is 1. The first-order chi connectivity index (χ1) is 7.43. The molecule has 1 amide bonds. The molecule has 1 aliphatic rings.